The van der Waals surface area contributed by atoms with E-state index < -0.39 is 0 Å². The topological polar surface area (TPSA) is 0 Å². The summed E-state index contributed by atoms with van der Waals surface area (Å²) in [6.45, 7) is 12.8. The Morgan fingerprint density at radius 1 is 1.06 bits per heavy atom. The molecule has 0 aromatic rings. The zero-order valence-electron chi connectivity index (χ0n) is 13.1. The van der Waals surface area contributed by atoms with E-state index in [1.807, 2.05) is 13.8 Å². The fourth-order valence-corrected chi connectivity index (χ4v) is 1.59. The summed E-state index contributed by atoms with van der Waals surface area (Å²) < 4.78 is 0. The van der Waals surface area contributed by atoms with Crippen LogP contribution in [0.1, 0.15) is 80.1 Å². The van der Waals surface area contributed by atoms with Crippen molar-refractivity contribution in [3.05, 3.63) is 23.8 Å². The Bertz CT molecular complexity index is 184. The first-order chi connectivity index (χ1) is 8.24. The van der Waals surface area contributed by atoms with E-state index in [-0.39, 0.29) is 0 Å². The Morgan fingerprint density at radius 3 is 2.06 bits per heavy atom. The molecule has 0 heteroatoms. The van der Waals surface area contributed by atoms with Gasteiger partial charge in [0.1, 0.15) is 0 Å². The zero-order valence-corrected chi connectivity index (χ0v) is 13.1. The smallest absolute Gasteiger partial charge is 0.0193 e. The molecule has 0 heterocycles. The first-order valence-electron chi connectivity index (χ1n) is 7.58. The average Bonchev–Trinajstić information content (AvgIpc) is 2.39. The molecule has 0 spiro atoms. The second kappa shape index (κ2) is 15.5. The molecule has 1 unspecified atom stereocenters. The van der Waals surface area contributed by atoms with Crippen molar-refractivity contribution in [1.82, 2.24) is 0 Å². The molecule has 0 bridgehead atoms. The summed E-state index contributed by atoms with van der Waals surface area (Å²) in [5, 5.41) is 0. The van der Waals surface area contributed by atoms with Crippen LogP contribution in [-0.2, 0) is 0 Å². The zero-order chi connectivity index (χ0) is 13.5. The van der Waals surface area contributed by atoms with E-state index in [2.05, 4.69) is 45.9 Å². The van der Waals surface area contributed by atoms with Crippen molar-refractivity contribution in [1.29, 1.82) is 0 Å². The van der Waals surface area contributed by atoms with Crippen LogP contribution in [0.5, 0.6) is 0 Å². The van der Waals surface area contributed by atoms with Gasteiger partial charge in [-0.1, -0.05) is 84.1 Å². The molecule has 0 aromatic heterocycles. The Kier molecular flexibility index (Phi) is 17.2. The molecule has 17 heavy (non-hydrogen) atoms. The molecule has 0 fully saturated rings. The third kappa shape index (κ3) is 13.4. The van der Waals surface area contributed by atoms with Crippen LogP contribution in [0.15, 0.2) is 23.8 Å². The van der Waals surface area contributed by atoms with Gasteiger partial charge in [0.25, 0.3) is 0 Å². The van der Waals surface area contributed by atoms with Gasteiger partial charge in [-0.3, -0.25) is 0 Å². The van der Waals surface area contributed by atoms with Crippen LogP contribution >= 0.6 is 0 Å². The van der Waals surface area contributed by atoms with Gasteiger partial charge in [0.15, 0.2) is 0 Å². The van der Waals surface area contributed by atoms with Gasteiger partial charge in [-0.15, -0.1) is 0 Å². The minimum Gasteiger partial charge on any atom is -0.0811 e. The maximum Gasteiger partial charge on any atom is -0.0193 e. The minimum atomic E-state index is 0.833. The first kappa shape index (κ1) is 18.8. The second-order valence-corrected chi connectivity index (χ2v) is 4.50. The fraction of sp³-hybridized carbons (Fsp3) is 0.765. The molecule has 0 radical (unpaired) electrons. The van der Waals surface area contributed by atoms with Crippen LogP contribution in [-0.4, -0.2) is 0 Å². The van der Waals surface area contributed by atoms with Crippen molar-refractivity contribution in [3.8, 4) is 0 Å². The predicted octanol–water partition coefficient (Wildman–Crippen LogP) is 6.53. The van der Waals surface area contributed by atoms with Crippen molar-refractivity contribution < 1.29 is 0 Å². The summed E-state index contributed by atoms with van der Waals surface area (Å²) >= 11 is 0. The highest BCUT2D eigenvalue weighted by Gasteiger charge is 2.06. The van der Waals surface area contributed by atoms with Crippen LogP contribution in [0.25, 0.3) is 0 Å². The maximum absolute atomic E-state index is 2.35. The molecule has 1 atom stereocenters. The molecule has 1 rings (SSSR count). The van der Waals surface area contributed by atoms with E-state index in [0.717, 1.165) is 5.92 Å². The van der Waals surface area contributed by atoms with Gasteiger partial charge in [0.05, 0.1) is 0 Å². The van der Waals surface area contributed by atoms with Gasteiger partial charge < -0.3 is 0 Å². The summed E-state index contributed by atoms with van der Waals surface area (Å²) in [4.78, 5) is 0. The van der Waals surface area contributed by atoms with Crippen LogP contribution < -0.4 is 0 Å². The van der Waals surface area contributed by atoms with E-state index >= 15 is 0 Å². The molecule has 0 nitrogen and oxygen atoms in total. The summed E-state index contributed by atoms with van der Waals surface area (Å²) in [7, 11) is 0. The molecule has 0 aromatic carbocycles. The number of unbranched alkanes of at least 4 members (excludes halogenated alkanes) is 2. The molecule has 102 valence electrons. The lowest BCUT2D eigenvalue weighted by Gasteiger charge is -2.15. The van der Waals surface area contributed by atoms with E-state index in [0.29, 0.717) is 0 Å². The van der Waals surface area contributed by atoms with Crippen LogP contribution in [0, 0.1) is 5.92 Å². The lowest BCUT2D eigenvalue weighted by molar-refractivity contribution is 0.546. The van der Waals surface area contributed by atoms with Crippen molar-refractivity contribution in [2.45, 2.75) is 80.1 Å². The average molecular weight is 238 g/mol. The molecule has 1 aliphatic rings. The highest BCUT2D eigenvalue weighted by Crippen LogP contribution is 2.22. The Morgan fingerprint density at radius 2 is 1.65 bits per heavy atom. The number of hydrogen-bond acceptors (Lipinski definition) is 0. The third-order valence-electron chi connectivity index (χ3n) is 2.78. The lowest BCUT2D eigenvalue weighted by atomic mass is 9.91. The molecule has 1 aliphatic carbocycles. The number of hydrogen-bond donors (Lipinski definition) is 0. The molecule has 0 saturated carbocycles. The molecule has 0 amide bonds. The molecule has 0 aliphatic heterocycles. The number of rotatable bonds is 4. The summed E-state index contributed by atoms with van der Waals surface area (Å²) in [6, 6.07) is 0. The normalized spacial score (nSPS) is 17.3. The standard InChI is InChI=1S/C11H18.C4H10.C2H6/c1-3-4-7-11-8-5-6-10(2)9-11;1-3-4-2;1-2/h5-6,8,11H,3-4,7,9H2,1-2H3;3-4H2,1-2H3;1-2H3. The number of allylic oxidation sites excluding steroid dienone is 4. The van der Waals surface area contributed by atoms with Gasteiger partial charge in [0, 0.05) is 0 Å². The monoisotopic (exact) mass is 238 g/mol. The third-order valence-corrected chi connectivity index (χ3v) is 2.78. The van der Waals surface area contributed by atoms with Crippen LogP contribution in [0.4, 0.5) is 0 Å². The second-order valence-electron chi connectivity index (χ2n) is 4.50. The van der Waals surface area contributed by atoms with Gasteiger partial charge >= 0.3 is 0 Å². The molecular weight excluding hydrogens is 204 g/mol. The Labute approximate surface area is 110 Å². The lowest BCUT2D eigenvalue weighted by Crippen LogP contribution is -2.00. The maximum atomic E-state index is 2.35. The fourth-order valence-electron chi connectivity index (χ4n) is 1.59. The highest BCUT2D eigenvalue weighted by atomic mass is 14.1. The molecule has 0 N–H and O–H groups in total. The van der Waals surface area contributed by atoms with Gasteiger partial charge in [-0.25, -0.2) is 0 Å². The van der Waals surface area contributed by atoms with E-state index in [1.54, 1.807) is 0 Å². The quantitative estimate of drug-likeness (QED) is 0.522. The van der Waals surface area contributed by atoms with Crippen molar-refractivity contribution in [3.63, 3.8) is 0 Å². The highest BCUT2D eigenvalue weighted by molar-refractivity contribution is 5.17. The van der Waals surface area contributed by atoms with Gasteiger partial charge in [0.2, 0.25) is 0 Å². The van der Waals surface area contributed by atoms with Gasteiger partial charge in [-0.05, 0) is 25.7 Å². The summed E-state index contributed by atoms with van der Waals surface area (Å²) in [5.74, 6) is 0.833. The van der Waals surface area contributed by atoms with Crippen molar-refractivity contribution >= 4 is 0 Å². The summed E-state index contributed by atoms with van der Waals surface area (Å²) in [5.41, 5.74) is 1.54. The SMILES string of the molecule is CC.CCCC.CCCCC1C=CC=C(C)C1. The largest absolute Gasteiger partial charge is 0.0811 e. The van der Waals surface area contributed by atoms with Crippen LogP contribution in [0.3, 0.4) is 0 Å². The van der Waals surface area contributed by atoms with Gasteiger partial charge in [-0.2, -0.15) is 0 Å². The van der Waals surface area contributed by atoms with Crippen molar-refractivity contribution in [2.24, 2.45) is 5.92 Å². The Hall–Kier alpha value is -0.520. The first-order valence-corrected chi connectivity index (χ1v) is 7.58. The van der Waals surface area contributed by atoms with Crippen LogP contribution in [0.2, 0.25) is 0 Å². The molecule has 0 saturated heterocycles. The molecular formula is C17H34. The predicted molar refractivity (Wildman–Crippen MR) is 82.5 cm³/mol. The van der Waals surface area contributed by atoms with E-state index in [9.17, 15) is 0 Å². The van der Waals surface area contributed by atoms with E-state index in [1.165, 1.54) is 44.1 Å². The van der Waals surface area contributed by atoms with Crippen molar-refractivity contribution in [2.75, 3.05) is 0 Å². The Balaban J connectivity index is 0. The summed E-state index contributed by atoms with van der Waals surface area (Å²) in [6.07, 6.45) is 14.8. The minimum absolute atomic E-state index is 0.833. The van der Waals surface area contributed by atoms with E-state index in [4.69, 9.17) is 0 Å².